The number of hydrogen-bond acceptors (Lipinski definition) is 6. The molecule has 0 radical (unpaired) electrons. The summed E-state index contributed by atoms with van der Waals surface area (Å²) in [6, 6.07) is 6.06. The number of rotatable bonds is 2. The number of piperidine rings is 1. The lowest BCUT2D eigenvalue weighted by Gasteiger charge is -2.22. The van der Waals surface area contributed by atoms with E-state index in [9.17, 15) is 19.8 Å². The first-order valence-electron chi connectivity index (χ1n) is 9.37. The second-order valence-electron chi connectivity index (χ2n) is 7.97. The van der Waals surface area contributed by atoms with Crippen molar-refractivity contribution in [2.45, 2.75) is 18.9 Å². The summed E-state index contributed by atoms with van der Waals surface area (Å²) in [5.74, 6) is -0.524. The van der Waals surface area contributed by atoms with Gasteiger partial charge in [-0.3, -0.25) is 4.79 Å². The molecule has 28 heavy (non-hydrogen) atoms. The molecule has 8 heteroatoms. The Morgan fingerprint density at radius 3 is 2.71 bits per heavy atom. The molecule has 2 aromatic rings. The molecule has 2 aliphatic heterocycles. The van der Waals surface area contributed by atoms with Crippen LogP contribution >= 0.6 is 0 Å². The lowest BCUT2D eigenvalue weighted by molar-refractivity contribution is 0.0691. The molecule has 1 saturated carbocycles. The number of nitrogens with zero attached hydrogens (tertiary/aromatic N) is 1. The standard InChI is InChI=1S/C20H21N3O5/c1-8-7-28-13-4-9(23-5-11-12(6-23)16(11)21)2-3-10(13)17-14(8)18(24)15(20(26)27)19(25)22-17/h2-4,8,11-12,16H,5-7,21H2,1H3,(H,26,27)(H2,22,24,25)/t8?,11-,12+,16?. The molecule has 1 saturated heterocycles. The largest absolute Gasteiger partial charge is 0.506 e. The fourth-order valence-corrected chi connectivity index (χ4v) is 4.61. The van der Waals surface area contributed by atoms with Gasteiger partial charge in [-0.25, -0.2) is 4.79 Å². The summed E-state index contributed by atoms with van der Waals surface area (Å²) in [4.78, 5) is 28.6. The number of aromatic carboxylic acids is 1. The van der Waals surface area contributed by atoms with Crippen LogP contribution in [0, 0.1) is 11.8 Å². The number of hydrogen-bond donors (Lipinski definition) is 4. The second kappa shape index (κ2) is 5.75. The summed E-state index contributed by atoms with van der Waals surface area (Å²) in [7, 11) is 0. The molecule has 5 N–H and O–H groups in total. The Labute approximate surface area is 160 Å². The predicted octanol–water partition coefficient (Wildman–Crippen LogP) is 1.33. The van der Waals surface area contributed by atoms with E-state index < -0.39 is 22.8 Å². The van der Waals surface area contributed by atoms with E-state index in [2.05, 4.69) is 9.88 Å². The van der Waals surface area contributed by atoms with Gasteiger partial charge in [-0.05, 0) is 24.0 Å². The van der Waals surface area contributed by atoms with E-state index in [1.807, 2.05) is 25.1 Å². The molecular formula is C20H21N3O5. The van der Waals surface area contributed by atoms with Crippen LogP contribution in [0.15, 0.2) is 23.0 Å². The minimum absolute atomic E-state index is 0.262. The van der Waals surface area contributed by atoms with E-state index in [1.165, 1.54) is 0 Å². The number of aromatic hydroxyl groups is 1. The Hall–Kier alpha value is -3.00. The number of carbonyl (C=O) groups is 1. The van der Waals surface area contributed by atoms with Crippen molar-refractivity contribution >= 4 is 11.7 Å². The van der Waals surface area contributed by atoms with Crippen molar-refractivity contribution in [2.75, 3.05) is 24.6 Å². The average molecular weight is 383 g/mol. The monoisotopic (exact) mass is 383 g/mol. The van der Waals surface area contributed by atoms with Gasteiger partial charge in [0.15, 0.2) is 5.56 Å². The van der Waals surface area contributed by atoms with Gasteiger partial charge in [-0.1, -0.05) is 6.92 Å². The number of aromatic amines is 1. The summed E-state index contributed by atoms with van der Waals surface area (Å²) >= 11 is 0. The number of carboxylic acid groups (broad SMARTS) is 1. The fourth-order valence-electron chi connectivity index (χ4n) is 4.61. The average Bonchev–Trinajstić information content (AvgIpc) is 3.08. The highest BCUT2D eigenvalue weighted by atomic mass is 16.5. The lowest BCUT2D eigenvalue weighted by Crippen LogP contribution is -2.27. The summed E-state index contributed by atoms with van der Waals surface area (Å²) in [6.07, 6.45) is 0. The number of anilines is 1. The van der Waals surface area contributed by atoms with Crippen molar-refractivity contribution in [1.82, 2.24) is 4.98 Å². The third-order valence-electron chi connectivity index (χ3n) is 6.28. The van der Waals surface area contributed by atoms with Gasteiger partial charge in [0.05, 0.1) is 12.3 Å². The van der Waals surface area contributed by atoms with Crippen LogP contribution in [0.1, 0.15) is 28.8 Å². The Bertz CT molecular complexity index is 1050. The third-order valence-corrected chi connectivity index (χ3v) is 6.28. The number of aromatic nitrogens is 1. The van der Waals surface area contributed by atoms with E-state index in [0.717, 1.165) is 18.8 Å². The Morgan fingerprint density at radius 2 is 2.04 bits per heavy atom. The summed E-state index contributed by atoms with van der Waals surface area (Å²) < 4.78 is 5.97. The van der Waals surface area contributed by atoms with Gasteiger partial charge in [0.2, 0.25) is 0 Å². The number of pyridine rings is 1. The SMILES string of the molecule is CC1COc2cc(N3C[C@@H]4C(N)[C@@H]4C3)ccc2-c2[nH]c(=O)c(C(=O)O)c(O)c21. The van der Waals surface area contributed by atoms with Gasteiger partial charge in [-0.2, -0.15) is 0 Å². The van der Waals surface area contributed by atoms with E-state index in [-0.39, 0.29) is 12.5 Å². The molecule has 4 atom stereocenters. The molecular weight excluding hydrogens is 362 g/mol. The van der Waals surface area contributed by atoms with E-state index in [1.54, 1.807) is 0 Å². The molecule has 146 valence electrons. The number of carboxylic acids is 1. The van der Waals surface area contributed by atoms with Crippen molar-refractivity contribution in [3.8, 4) is 22.8 Å². The van der Waals surface area contributed by atoms with Crippen molar-refractivity contribution in [3.63, 3.8) is 0 Å². The normalized spacial score (nSPS) is 27.3. The molecule has 5 rings (SSSR count). The van der Waals surface area contributed by atoms with E-state index >= 15 is 0 Å². The minimum Gasteiger partial charge on any atom is -0.506 e. The number of fused-ring (bicyclic) bond motifs is 4. The van der Waals surface area contributed by atoms with Crippen LogP contribution in [0.3, 0.4) is 0 Å². The molecule has 3 aliphatic rings. The summed E-state index contributed by atoms with van der Waals surface area (Å²) in [6.45, 7) is 3.94. The molecule has 1 aromatic heterocycles. The highest BCUT2D eigenvalue weighted by Gasteiger charge is 2.53. The smallest absolute Gasteiger partial charge is 0.345 e. The zero-order chi connectivity index (χ0) is 19.7. The highest BCUT2D eigenvalue weighted by Crippen LogP contribution is 2.47. The number of nitrogens with one attached hydrogen (secondary N) is 1. The van der Waals surface area contributed by atoms with E-state index in [0.29, 0.717) is 40.4 Å². The summed E-state index contributed by atoms with van der Waals surface area (Å²) in [5.41, 5.74) is 7.01. The van der Waals surface area contributed by atoms with Crippen LogP contribution in [0.2, 0.25) is 0 Å². The van der Waals surface area contributed by atoms with Crippen LogP contribution in [-0.2, 0) is 0 Å². The Morgan fingerprint density at radius 1 is 1.32 bits per heavy atom. The topological polar surface area (TPSA) is 129 Å². The maximum Gasteiger partial charge on any atom is 0.345 e. The Kier molecular flexibility index (Phi) is 3.51. The molecule has 2 fully saturated rings. The van der Waals surface area contributed by atoms with Gasteiger partial charge in [0, 0.05) is 47.9 Å². The van der Waals surface area contributed by atoms with E-state index in [4.69, 9.17) is 10.5 Å². The van der Waals surface area contributed by atoms with Crippen molar-refractivity contribution < 1.29 is 19.7 Å². The van der Waals surface area contributed by atoms with Crippen molar-refractivity contribution in [1.29, 1.82) is 0 Å². The van der Waals surface area contributed by atoms with Gasteiger partial charge in [0.25, 0.3) is 5.56 Å². The molecule has 1 aromatic carbocycles. The highest BCUT2D eigenvalue weighted by molar-refractivity contribution is 5.92. The molecule has 1 aliphatic carbocycles. The molecule has 8 nitrogen and oxygen atoms in total. The minimum atomic E-state index is -1.46. The first-order chi connectivity index (χ1) is 13.4. The van der Waals surface area contributed by atoms with Crippen LogP contribution < -0.4 is 20.9 Å². The lowest BCUT2D eigenvalue weighted by atomic mass is 9.94. The Balaban J connectivity index is 1.60. The fraction of sp³-hybridized carbons (Fsp3) is 0.400. The van der Waals surface area contributed by atoms with Gasteiger partial charge in [0.1, 0.15) is 11.5 Å². The van der Waals surface area contributed by atoms with Gasteiger partial charge in [-0.15, -0.1) is 0 Å². The maximum atomic E-state index is 12.3. The quantitative estimate of drug-likeness (QED) is 0.616. The van der Waals surface area contributed by atoms with Crippen LogP contribution in [0.25, 0.3) is 11.3 Å². The van der Waals surface area contributed by atoms with Gasteiger partial charge >= 0.3 is 5.97 Å². The first kappa shape index (κ1) is 17.1. The zero-order valence-electron chi connectivity index (χ0n) is 15.3. The molecule has 0 spiro atoms. The molecule has 0 bridgehead atoms. The molecule has 0 amide bonds. The maximum absolute atomic E-state index is 12.3. The predicted molar refractivity (Wildman–Crippen MR) is 102 cm³/mol. The third kappa shape index (κ3) is 2.34. The van der Waals surface area contributed by atoms with Crippen molar-refractivity contribution in [3.05, 3.63) is 39.7 Å². The number of benzene rings is 1. The van der Waals surface area contributed by atoms with Gasteiger partial charge < -0.3 is 30.6 Å². The van der Waals surface area contributed by atoms with Crippen LogP contribution in [-0.4, -0.2) is 46.9 Å². The van der Waals surface area contributed by atoms with Crippen LogP contribution in [0.4, 0.5) is 5.69 Å². The molecule has 2 unspecified atom stereocenters. The summed E-state index contributed by atoms with van der Waals surface area (Å²) in [5, 5.41) is 19.8. The zero-order valence-corrected chi connectivity index (χ0v) is 15.3. The second-order valence-corrected chi connectivity index (χ2v) is 7.97. The van der Waals surface area contributed by atoms with Crippen LogP contribution in [0.5, 0.6) is 11.5 Å². The number of nitrogens with two attached hydrogens (primary N) is 1. The number of H-pyrrole nitrogens is 1. The first-order valence-corrected chi connectivity index (χ1v) is 9.37. The molecule has 3 heterocycles. The van der Waals surface area contributed by atoms with Crippen molar-refractivity contribution in [2.24, 2.45) is 17.6 Å². The number of ether oxygens (including phenoxy) is 1.